The normalized spacial score (nSPS) is 12.8. The van der Waals surface area contributed by atoms with E-state index in [0.29, 0.717) is 6.07 Å². The van der Waals surface area contributed by atoms with Crippen molar-refractivity contribution in [2.45, 2.75) is 25.6 Å². The zero-order chi connectivity index (χ0) is 15.5. The Hall–Kier alpha value is -2.32. The SMILES string of the molecule is CC(CC(=O)O)Nc1ccc([N+](=O)[O-])c(C(F)(F)F)c1. The van der Waals surface area contributed by atoms with Gasteiger partial charge in [-0.3, -0.25) is 14.9 Å². The second-order valence-corrected chi connectivity index (χ2v) is 4.13. The highest BCUT2D eigenvalue weighted by molar-refractivity contribution is 5.68. The lowest BCUT2D eigenvalue weighted by molar-refractivity contribution is -0.388. The van der Waals surface area contributed by atoms with Gasteiger partial charge in [-0.25, -0.2) is 0 Å². The van der Waals surface area contributed by atoms with Gasteiger partial charge in [0.05, 0.1) is 11.3 Å². The molecule has 0 saturated carbocycles. The number of rotatable bonds is 5. The lowest BCUT2D eigenvalue weighted by Crippen LogP contribution is -2.20. The number of aliphatic carboxylic acids is 1. The van der Waals surface area contributed by atoms with Gasteiger partial charge in [-0.1, -0.05) is 0 Å². The van der Waals surface area contributed by atoms with Crippen LogP contribution in [0.3, 0.4) is 0 Å². The average molecular weight is 292 g/mol. The number of nitrogens with one attached hydrogen (secondary N) is 1. The maximum Gasteiger partial charge on any atom is 0.423 e. The van der Waals surface area contributed by atoms with Crippen LogP contribution in [0.5, 0.6) is 0 Å². The van der Waals surface area contributed by atoms with Crippen LogP contribution in [0.15, 0.2) is 18.2 Å². The van der Waals surface area contributed by atoms with E-state index in [4.69, 9.17) is 5.11 Å². The van der Waals surface area contributed by atoms with Crippen LogP contribution < -0.4 is 5.32 Å². The molecule has 2 N–H and O–H groups in total. The van der Waals surface area contributed by atoms with Crippen LogP contribution in [0.2, 0.25) is 0 Å². The molecule has 1 unspecified atom stereocenters. The van der Waals surface area contributed by atoms with Crippen LogP contribution in [0.1, 0.15) is 18.9 Å². The van der Waals surface area contributed by atoms with Gasteiger partial charge in [0.1, 0.15) is 5.56 Å². The second kappa shape index (κ2) is 5.76. The molecule has 20 heavy (non-hydrogen) atoms. The van der Waals surface area contributed by atoms with E-state index in [9.17, 15) is 28.1 Å². The summed E-state index contributed by atoms with van der Waals surface area (Å²) in [4.78, 5) is 19.9. The van der Waals surface area contributed by atoms with Crippen molar-refractivity contribution < 1.29 is 28.0 Å². The zero-order valence-corrected chi connectivity index (χ0v) is 10.3. The largest absolute Gasteiger partial charge is 0.481 e. The Kier molecular flexibility index (Phi) is 4.53. The number of carboxylic acid groups (broad SMARTS) is 1. The topological polar surface area (TPSA) is 92.5 Å². The van der Waals surface area contributed by atoms with Gasteiger partial charge >= 0.3 is 12.1 Å². The summed E-state index contributed by atoms with van der Waals surface area (Å²) in [5, 5.41) is 21.7. The third-order valence-corrected chi connectivity index (χ3v) is 2.39. The van der Waals surface area contributed by atoms with Crippen molar-refractivity contribution in [3.63, 3.8) is 0 Å². The minimum atomic E-state index is -4.86. The molecule has 0 aliphatic carbocycles. The molecule has 1 atom stereocenters. The summed E-state index contributed by atoms with van der Waals surface area (Å²) in [5.74, 6) is -1.11. The molecule has 0 amide bonds. The number of halogens is 3. The van der Waals surface area contributed by atoms with Crippen LogP contribution in [-0.2, 0) is 11.0 Å². The fourth-order valence-corrected chi connectivity index (χ4v) is 1.61. The van der Waals surface area contributed by atoms with Crippen molar-refractivity contribution in [1.82, 2.24) is 0 Å². The molecule has 9 heteroatoms. The number of carbonyl (C=O) groups is 1. The van der Waals surface area contributed by atoms with E-state index in [2.05, 4.69) is 5.32 Å². The molecule has 0 spiro atoms. The Bertz CT molecular complexity index is 531. The first-order chi connectivity index (χ1) is 9.11. The Morgan fingerprint density at radius 3 is 2.55 bits per heavy atom. The number of carboxylic acids is 1. The molecule has 110 valence electrons. The van der Waals surface area contributed by atoms with Crippen molar-refractivity contribution in [3.05, 3.63) is 33.9 Å². The highest BCUT2D eigenvalue weighted by Gasteiger charge is 2.38. The number of nitro benzene ring substituents is 1. The zero-order valence-electron chi connectivity index (χ0n) is 10.3. The molecular weight excluding hydrogens is 281 g/mol. The van der Waals surface area contributed by atoms with E-state index in [0.717, 1.165) is 12.1 Å². The smallest absolute Gasteiger partial charge is 0.423 e. The van der Waals surface area contributed by atoms with Gasteiger partial charge in [0.25, 0.3) is 5.69 Å². The molecule has 1 aromatic rings. The van der Waals surface area contributed by atoms with Gasteiger partial charge in [0.15, 0.2) is 0 Å². The molecule has 0 aliphatic heterocycles. The first-order valence-electron chi connectivity index (χ1n) is 5.45. The lowest BCUT2D eigenvalue weighted by atomic mass is 10.1. The van der Waals surface area contributed by atoms with Gasteiger partial charge in [-0.05, 0) is 19.1 Å². The molecule has 0 bridgehead atoms. The molecule has 1 aromatic carbocycles. The van der Waals surface area contributed by atoms with E-state index < -0.39 is 34.4 Å². The van der Waals surface area contributed by atoms with E-state index in [1.54, 1.807) is 0 Å². The third-order valence-electron chi connectivity index (χ3n) is 2.39. The summed E-state index contributed by atoms with van der Waals surface area (Å²) < 4.78 is 38.1. The molecule has 0 aliphatic rings. The van der Waals surface area contributed by atoms with Gasteiger partial charge in [0.2, 0.25) is 0 Å². The van der Waals surface area contributed by atoms with Crippen LogP contribution >= 0.6 is 0 Å². The van der Waals surface area contributed by atoms with Crippen molar-refractivity contribution >= 4 is 17.3 Å². The fourth-order valence-electron chi connectivity index (χ4n) is 1.61. The Balaban J connectivity index is 3.07. The predicted molar refractivity (Wildman–Crippen MR) is 63.4 cm³/mol. The molecule has 0 fully saturated rings. The van der Waals surface area contributed by atoms with Crippen molar-refractivity contribution in [2.24, 2.45) is 0 Å². The second-order valence-electron chi connectivity index (χ2n) is 4.13. The standard InChI is InChI=1S/C11H11F3N2O4/c1-6(4-10(17)18)15-7-2-3-9(16(19)20)8(5-7)11(12,13)14/h2-3,5-6,15H,4H2,1H3,(H,17,18). The minimum absolute atomic E-state index is 0.0309. The molecular formula is C11H11F3N2O4. The van der Waals surface area contributed by atoms with E-state index >= 15 is 0 Å². The van der Waals surface area contributed by atoms with E-state index in [1.165, 1.54) is 6.92 Å². The summed E-state index contributed by atoms with van der Waals surface area (Å²) in [6.45, 7) is 1.47. The first kappa shape index (κ1) is 15.7. The number of anilines is 1. The maximum atomic E-state index is 12.7. The fraction of sp³-hybridized carbons (Fsp3) is 0.364. The number of benzene rings is 1. The summed E-state index contributed by atoms with van der Waals surface area (Å²) in [6.07, 6.45) is -5.16. The number of alkyl halides is 3. The van der Waals surface area contributed by atoms with Gasteiger partial charge in [0, 0.05) is 17.8 Å². The van der Waals surface area contributed by atoms with Crippen molar-refractivity contribution in [1.29, 1.82) is 0 Å². The van der Waals surface area contributed by atoms with Crippen molar-refractivity contribution in [3.8, 4) is 0 Å². The number of hydrogen-bond acceptors (Lipinski definition) is 4. The molecule has 0 aromatic heterocycles. The van der Waals surface area contributed by atoms with Crippen LogP contribution in [0, 0.1) is 10.1 Å². The van der Waals surface area contributed by atoms with E-state index in [-0.39, 0.29) is 12.1 Å². The molecule has 0 radical (unpaired) electrons. The molecule has 1 rings (SSSR count). The number of hydrogen-bond donors (Lipinski definition) is 2. The van der Waals surface area contributed by atoms with Crippen molar-refractivity contribution in [2.75, 3.05) is 5.32 Å². The van der Waals surface area contributed by atoms with Crippen LogP contribution in [0.25, 0.3) is 0 Å². The average Bonchev–Trinajstić information content (AvgIpc) is 2.25. The highest BCUT2D eigenvalue weighted by atomic mass is 19.4. The summed E-state index contributed by atoms with van der Waals surface area (Å²) in [5.41, 5.74) is -2.46. The van der Waals surface area contributed by atoms with Crippen LogP contribution in [-0.4, -0.2) is 22.0 Å². The summed E-state index contributed by atoms with van der Waals surface area (Å²) >= 11 is 0. The number of nitro groups is 1. The number of nitrogens with zero attached hydrogens (tertiary/aromatic N) is 1. The highest BCUT2D eigenvalue weighted by Crippen LogP contribution is 2.37. The lowest BCUT2D eigenvalue weighted by Gasteiger charge is -2.15. The minimum Gasteiger partial charge on any atom is -0.481 e. The van der Waals surface area contributed by atoms with E-state index in [1.807, 2.05) is 0 Å². The van der Waals surface area contributed by atoms with Gasteiger partial charge in [-0.15, -0.1) is 0 Å². The first-order valence-corrected chi connectivity index (χ1v) is 5.45. The monoisotopic (exact) mass is 292 g/mol. The van der Waals surface area contributed by atoms with Crippen LogP contribution in [0.4, 0.5) is 24.5 Å². The molecule has 0 heterocycles. The summed E-state index contributed by atoms with van der Waals surface area (Å²) in [7, 11) is 0. The third kappa shape index (κ3) is 4.11. The van der Waals surface area contributed by atoms with Gasteiger partial charge < -0.3 is 10.4 Å². The Morgan fingerprint density at radius 1 is 1.50 bits per heavy atom. The molecule has 6 nitrogen and oxygen atoms in total. The predicted octanol–water partition coefficient (Wildman–Crippen LogP) is 2.89. The molecule has 0 saturated heterocycles. The maximum absolute atomic E-state index is 12.7. The Labute approximate surface area is 111 Å². The Morgan fingerprint density at radius 2 is 2.10 bits per heavy atom. The van der Waals surface area contributed by atoms with Gasteiger partial charge in [-0.2, -0.15) is 13.2 Å². The summed E-state index contributed by atoms with van der Waals surface area (Å²) in [6, 6.07) is 1.82. The quantitative estimate of drug-likeness (QED) is 0.643.